The number of amides is 1. The quantitative estimate of drug-likeness (QED) is 0.756. The maximum Gasteiger partial charge on any atom is 0.256 e. The Morgan fingerprint density at radius 1 is 1.17 bits per heavy atom. The lowest BCUT2D eigenvalue weighted by Gasteiger charge is -2.14. The summed E-state index contributed by atoms with van der Waals surface area (Å²) in [5.41, 5.74) is 2.27. The number of hydrogen-bond acceptors (Lipinski definition) is 4. The van der Waals surface area contributed by atoms with Crippen LogP contribution in [0.1, 0.15) is 15.9 Å². The van der Waals surface area contributed by atoms with Gasteiger partial charge in [0.2, 0.25) is 0 Å². The smallest absolute Gasteiger partial charge is 0.256 e. The second kappa shape index (κ2) is 6.62. The van der Waals surface area contributed by atoms with Gasteiger partial charge >= 0.3 is 0 Å². The lowest BCUT2D eigenvalue weighted by molar-refractivity contribution is 0.0817. The minimum absolute atomic E-state index is 0.0354. The molecule has 0 atom stereocenters. The summed E-state index contributed by atoms with van der Waals surface area (Å²) in [6, 6.07) is 12.1. The molecule has 24 heavy (non-hydrogen) atoms. The molecule has 6 nitrogen and oxygen atoms in total. The number of benzene rings is 2. The number of nitrogens with zero attached hydrogens (tertiary/aromatic N) is 2. The van der Waals surface area contributed by atoms with Crippen LogP contribution in [0.15, 0.2) is 47.5 Å². The van der Waals surface area contributed by atoms with Gasteiger partial charge in [-0.3, -0.25) is 9.79 Å². The summed E-state index contributed by atoms with van der Waals surface area (Å²) in [7, 11) is 1.75. The predicted octanol–water partition coefficient (Wildman–Crippen LogP) is 2.24. The first-order valence-corrected chi connectivity index (χ1v) is 7.70. The molecule has 0 bridgehead atoms. The topological polar surface area (TPSA) is 85.2 Å². The van der Waals surface area contributed by atoms with Crippen LogP contribution in [-0.2, 0) is 6.42 Å². The first kappa shape index (κ1) is 15.9. The van der Waals surface area contributed by atoms with E-state index < -0.39 is 0 Å². The summed E-state index contributed by atoms with van der Waals surface area (Å²) in [6.07, 6.45) is 0.623. The number of nitrogens with one attached hydrogen (secondary N) is 1. The van der Waals surface area contributed by atoms with E-state index in [1.165, 1.54) is 12.1 Å². The van der Waals surface area contributed by atoms with E-state index in [1.807, 2.05) is 18.2 Å². The van der Waals surface area contributed by atoms with Crippen LogP contribution in [0.2, 0.25) is 0 Å². The SMILES string of the molecule is CN1CC(=NCCc2ccc(O)c(O)c2)Nc2ccccc2C1=O. The number of aromatic hydroxyl groups is 2. The van der Waals surface area contributed by atoms with E-state index >= 15 is 0 Å². The average molecular weight is 325 g/mol. The number of carbonyl (C=O) groups is 1. The third-order valence-electron chi connectivity index (χ3n) is 3.91. The molecule has 1 aliphatic rings. The normalized spacial score (nSPS) is 15.8. The number of carbonyl (C=O) groups excluding carboxylic acids is 1. The molecule has 1 amide bonds. The highest BCUT2D eigenvalue weighted by molar-refractivity contribution is 6.10. The zero-order chi connectivity index (χ0) is 17.1. The number of phenolic OH excluding ortho intramolecular Hbond substituents is 2. The average Bonchev–Trinajstić information content (AvgIpc) is 2.68. The van der Waals surface area contributed by atoms with Crippen LogP contribution >= 0.6 is 0 Å². The highest BCUT2D eigenvalue weighted by Gasteiger charge is 2.21. The second-order valence-electron chi connectivity index (χ2n) is 5.73. The molecule has 6 heteroatoms. The van der Waals surface area contributed by atoms with Crippen LogP contribution in [0.5, 0.6) is 11.5 Å². The Kier molecular flexibility index (Phi) is 4.37. The molecule has 1 heterocycles. The van der Waals surface area contributed by atoms with Crippen LogP contribution in [0.25, 0.3) is 0 Å². The van der Waals surface area contributed by atoms with Gasteiger partial charge in [-0.1, -0.05) is 18.2 Å². The van der Waals surface area contributed by atoms with E-state index in [2.05, 4.69) is 10.3 Å². The van der Waals surface area contributed by atoms with Crippen molar-refractivity contribution in [3.8, 4) is 11.5 Å². The minimum Gasteiger partial charge on any atom is -0.504 e. The van der Waals surface area contributed by atoms with Crippen LogP contribution in [0.4, 0.5) is 5.69 Å². The molecule has 2 aromatic carbocycles. The number of hydrogen-bond donors (Lipinski definition) is 3. The molecule has 0 aromatic heterocycles. The summed E-state index contributed by atoms with van der Waals surface area (Å²) < 4.78 is 0. The fourth-order valence-electron chi connectivity index (χ4n) is 2.61. The predicted molar refractivity (Wildman–Crippen MR) is 92.8 cm³/mol. The van der Waals surface area contributed by atoms with E-state index in [9.17, 15) is 15.0 Å². The molecule has 0 unspecified atom stereocenters. The van der Waals surface area contributed by atoms with E-state index in [0.29, 0.717) is 25.1 Å². The Morgan fingerprint density at radius 2 is 1.96 bits per heavy atom. The van der Waals surface area contributed by atoms with Gasteiger partial charge < -0.3 is 20.4 Å². The second-order valence-corrected chi connectivity index (χ2v) is 5.73. The maximum atomic E-state index is 12.3. The summed E-state index contributed by atoms with van der Waals surface area (Å²) >= 11 is 0. The molecule has 0 spiro atoms. The molecule has 1 aliphatic heterocycles. The van der Waals surface area contributed by atoms with Crippen molar-refractivity contribution in [1.82, 2.24) is 4.90 Å². The summed E-state index contributed by atoms with van der Waals surface area (Å²) in [6.45, 7) is 0.922. The molecular formula is C18H19N3O3. The molecule has 2 aromatic rings. The van der Waals surface area contributed by atoms with Gasteiger partial charge in [-0.2, -0.15) is 0 Å². The van der Waals surface area contributed by atoms with Crippen LogP contribution in [0.3, 0.4) is 0 Å². The molecule has 0 fully saturated rings. The number of para-hydroxylation sites is 1. The number of anilines is 1. The summed E-state index contributed by atoms with van der Waals surface area (Å²) in [5.74, 6) is 0.421. The Morgan fingerprint density at radius 3 is 2.75 bits per heavy atom. The number of likely N-dealkylation sites (N-methyl/N-ethyl adjacent to an activating group) is 1. The van der Waals surface area contributed by atoms with Crippen molar-refractivity contribution in [3.05, 3.63) is 53.6 Å². The Bertz CT molecular complexity index is 802. The van der Waals surface area contributed by atoms with Gasteiger partial charge in [-0.15, -0.1) is 0 Å². The number of phenols is 2. The monoisotopic (exact) mass is 325 g/mol. The molecule has 3 rings (SSSR count). The van der Waals surface area contributed by atoms with E-state index in [4.69, 9.17) is 0 Å². The van der Waals surface area contributed by atoms with Gasteiger partial charge in [0.25, 0.3) is 5.91 Å². The first-order valence-electron chi connectivity index (χ1n) is 7.70. The van der Waals surface area contributed by atoms with Crippen molar-refractivity contribution in [2.75, 3.05) is 25.5 Å². The number of amidine groups is 1. The molecule has 0 saturated heterocycles. The third-order valence-corrected chi connectivity index (χ3v) is 3.91. The molecule has 0 saturated carbocycles. The Labute approximate surface area is 140 Å². The summed E-state index contributed by atoms with van der Waals surface area (Å²) in [4.78, 5) is 18.5. The van der Waals surface area contributed by atoms with Crippen molar-refractivity contribution in [2.24, 2.45) is 4.99 Å². The highest BCUT2D eigenvalue weighted by Crippen LogP contribution is 2.25. The standard InChI is InChI=1S/C18H19N3O3/c1-21-11-17(20-14-5-3-2-4-13(14)18(21)24)19-9-8-12-6-7-15(22)16(23)10-12/h2-7,10,22-23H,8-9,11H2,1H3,(H,19,20). The van der Waals surface area contributed by atoms with Crippen molar-refractivity contribution in [2.45, 2.75) is 6.42 Å². The third kappa shape index (κ3) is 3.32. The first-order chi connectivity index (χ1) is 11.5. The van der Waals surface area contributed by atoms with E-state index in [0.717, 1.165) is 17.1 Å². The zero-order valence-corrected chi connectivity index (χ0v) is 13.4. The van der Waals surface area contributed by atoms with Crippen LogP contribution in [0, 0.1) is 0 Å². The van der Waals surface area contributed by atoms with Gasteiger partial charge in [0, 0.05) is 13.6 Å². The fraction of sp³-hybridized carbons (Fsp3) is 0.222. The number of rotatable bonds is 3. The largest absolute Gasteiger partial charge is 0.504 e. The zero-order valence-electron chi connectivity index (χ0n) is 13.4. The van der Waals surface area contributed by atoms with Gasteiger partial charge in [-0.25, -0.2) is 0 Å². The molecular weight excluding hydrogens is 306 g/mol. The fourth-order valence-corrected chi connectivity index (χ4v) is 2.61. The van der Waals surface area contributed by atoms with Crippen molar-refractivity contribution in [1.29, 1.82) is 0 Å². The Hall–Kier alpha value is -3.02. The molecule has 124 valence electrons. The van der Waals surface area contributed by atoms with Crippen LogP contribution in [-0.4, -0.2) is 47.0 Å². The van der Waals surface area contributed by atoms with Gasteiger partial charge in [-0.05, 0) is 36.2 Å². The highest BCUT2D eigenvalue weighted by atomic mass is 16.3. The number of fused-ring (bicyclic) bond motifs is 1. The van der Waals surface area contributed by atoms with Crippen molar-refractivity contribution < 1.29 is 15.0 Å². The van der Waals surface area contributed by atoms with Crippen molar-refractivity contribution in [3.63, 3.8) is 0 Å². The lowest BCUT2D eigenvalue weighted by Crippen LogP contribution is -2.31. The maximum absolute atomic E-state index is 12.3. The lowest BCUT2D eigenvalue weighted by atomic mass is 10.1. The van der Waals surface area contributed by atoms with Gasteiger partial charge in [0.1, 0.15) is 5.84 Å². The van der Waals surface area contributed by atoms with Gasteiger partial charge in [0.15, 0.2) is 11.5 Å². The molecule has 0 radical (unpaired) electrons. The van der Waals surface area contributed by atoms with Crippen LogP contribution < -0.4 is 5.32 Å². The van der Waals surface area contributed by atoms with Gasteiger partial charge in [0.05, 0.1) is 17.8 Å². The minimum atomic E-state index is -0.132. The molecule has 3 N–H and O–H groups in total. The van der Waals surface area contributed by atoms with E-state index in [1.54, 1.807) is 24.1 Å². The van der Waals surface area contributed by atoms with Crippen molar-refractivity contribution >= 4 is 17.4 Å². The molecule has 0 aliphatic carbocycles. The number of aliphatic imine (C=N–C) groups is 1. The van der Waals surface area contributed by atoms with E-state index in [-0.39, 0.29) is 17.4 Å². The summed E-state index contributed by atoms with van der Waals surface area (Å²) in [5, 5.41) is 22.1. The Balaban J connectivity index is 1.73.